The zero-order valence-corrected chi connectivity index (χ0v) is 15.0. The van der Waals surface area contributed by atoms with Gasteiger partial charge in [0.2, 0.25) is 0 Å². The molecule has 2 atom stereocenters. The first-order valence-electron chi connectivity index (χ1n) is 9.14. The van der Waals surface area contributed by atoms with Crippen molar-refractivity contribution < 1.29 is 0 Å². The number of nitriles is 1. The van der Waals surface area contributed by atoms with Crippen LogP contribution in [0.25, 0.3) is 5.52 Å². The fourth-order valence-electron chi connectivity index (χ4n) is 3.73. The van der Waals surface area contributed by atoms with Gasteiger partial charge in [-0.25, -0.2) is 4.52 Å². The van der Waals surface area contributed by atoms with Crippen molar-refractivity contribution in [2.75, 3.05) is 18.4 Å². The molecule has 1 aliphatic heterocycles. The van der Waals surface area contributed by atoms with Crippen LogP contribution in [0.2, 0.25) is 0 Å². The van der Waals surface area contributed by atoms with E-state index in [0.29, 0.717) is 17.5 Å². The van der Waals surface area contributed by atoms with Crippen LogP contribution in [-0.4, -0.2) is 33.6 Å². The minimum absolute atomic E-state index is 0.306. The smallest absolute Gasteiger partial charge is 0.103 e. The van der Waals surface area contributed by atoms with Gasteiger partial charge < -0.3 is 5.32 Å². The van der Waals surface area contributed by atoms with Crippen LogP contribution < -0.4 is 5.32 Å². The Labute approximate surface area is 153 Å². The second kappa shape index (κ2) is 7.19. The fourth-order valence-corrected chi connectivity index (χ4v) is 3.73. The number of piperidine rings is 1. The summed E-state index contributed by atoms with van der Waals surface area (Å²) in [6.45, 7) is 5.33. The number of nitrogens with one attached hydrogen (secondary N) is 1. The van der Waals surface area contributed by atoms with E-state index >= 15 is 0 Å². The van der Waals surface area contributed by atoms with Crippen molar-refractivity contribution in [2.45, 2.75) is 25.9 Å². The van der Waals surface area contributed by atoms with E-state index in [-0.39, 0.29) is 0 Å². The minimum Gasteiger partial charge on any atom is -0.378 e. The topological polar surface area (TPSA) is 56.4 Å². The zero-order chi connectivity index (χ0) is 17.9. The molecule has 0 saturated carbocycles. The number of anilines is 1. The summed E-state index contributed by atoms with van der Waals surface area (Å²) >= 11 is 0. The number of fused-ring (bicyclic) bond motifs is 1. The number of hydrogen-bond donors (Lipinski definition) is 1. The Balaban J connectivity index is 1.55. The lowest BCUT2D eigenvalue weighted by molar-refractivity contribution is 0.170. The predicted octanol–water partition coefficient (Wildman–Crippen LogP) is 3.53. The number of aromatic nitrogens is 2. The van der Waals surface area contributed by atoms with Crippen molar-refractivity contribution in [1.29, 1.82) is 5.26 Å². The summed E-state index contributed by atoms with van der Waals surface area (Å²) < 4.78 is 1.82. The molecule has 3 aromatic rings. The summed E-state index contributed by atoms with van der Waals surface area (Å²) in [4.78, 5) is 2.50. The highest BCUT2D eigenvalue weighted by molar-refractivity contribution is 5.77. The quantitative estimate of drug-likeness (QED) is 0.786. The van der Waals surface area contributed by atoms with Crippen molar-refractivity contribution >= 4 is 11.2 Å². The Morgan fingerprint density at radius 1 is 1.23 bits per heavy atom. The van der Waals surface area contributed by atoms with E-state index in [1.165, 1.54) is 5.56 Å². The first-order chi connectivity index (χ1) is 12.7. The molecule has 1 N–H and O–H groups in total. The minimum atomic E-state index is 0.306. The first kappa shape index (κ1) is 16.6. The van der Waals surface area contributed by atoms with Crippen molar-refractivity contribution in [3.8, 4) is 6.07 Å². The van der Waals surface area contributed by atoms with Gasteiger partial charge in [0.1, 0.15) is 6.07 Å². The van der Waals surface area contributed by atoms with Crippen LogP contribution in [0, 0.1) is 17.2 Å². The van der Waals surface area contributed by atoms with Crippen LogP contribution in [0.3, 0.4) is 0 Å². The second-order valence-electron chi connectivity index (χ2n) is 7.12. The van der Waals surface area contributed by atoms with Crippen molar-refractivity contribution in [3.63, 3.8) is 0 Å². The van der Waals surface area contributed by atoms with Crippen LogP contribution in [-0.2, 0) is 6.54 Å². The normalized spacial score (nSPS) is 20.8. The Morgan fingerprint density at radius 2 is 2.08 bits per heavy atom. The van der Waals surface area contributed by atoms with Gasteiger partial charge in [0.15, 0.2) is 0 Å². The zero-order valence-electron chi connectivity index (χ0n) is 15.0. The monoisotopic (exact) mass is 345 g/mol. The van der Waals surface area contributed by atoms with Crippen molar-refractivity contribution in [1.82, 2.24) is 14.5 Å². The molecule has 5 nitrogen and oxygen atoms in total. The highest BCUT2D eigenvalue weighted by atomic mass is 15.2. The fraction of sp³-hybridized carbons (Fsp3) is 0.333. The number of hydrogen-bond acceptors (Lipinski definition) is 4. The molecule has 0 amide bonds. The van der Waals surface area contributed by atoms with E-state index in [2.05, 4.69) is 58.6 Å². The van der Waals surface area contributed by atoms with E-state index < -0.39 is 0 Å². The molecule has 5 heteroatoms. The molecule has 132 valence electrons. The average Bonchev–Trinajstić information content (AvgIpc) is 3.14. The summed E-state index contributed by atoms with van der Waals surface area (Å²) in [6, 6.07) is 17.2. The molecule has 1 saturated heterocycles. The van der Waals surface area contributed by atoms with Crippen LogP contribution >= 0.6 is 0 Å². The van der Waals surface area contributed by atoms with E-state index in [9.17, 15) is 5.26 Å². The van der Waals surface area contributed by atoms with Gasteiger partial charge in [0, 0.05) is 25.3 Å². The Morgan fingerprint density at radius 3 is 2.88 bits per heavy atom. The van der Waals surface area contributed by atoms with E-state index in [0.717, 1.165) is 37.3 Å². The molecule has 2 unspecified atom stereocenters. The van der Waals surface area contributed by atoms with Crippen LogP contribution in [0.1, 0.15) is 24.5 Å². The number of rotatable bonds is 4. The number of likely N-dealkylation sites (tertiary alicyclic amines) is 1. The molecule has 3 heterocycles. The van der Waals surface area contributed by atoms with Crippen molar-refractivity contribution in [3.05, 3.63) is 66.0 Å². The third-order valence-corrected chi connectivity index (χ3v) is 5.31. The molecule has 4 rings (SSSR count). The molecular formula is C21H23N5. The molecule has 0 bridgehead atoms. The maximum absolute atomic E-state index is 9.51. The summed E-state index contributed by atoms with van der Waals surface area (Å²) in [6.07, 6.45) is 4.70. The van der Waals surface area contributed by atoms with Gasteiger partial charge in [-0.1, -0.05) is 37.3 Å². The molecule has 0 radical (unpaired) electrons. The van der Waals surface area contributed by atoms with E-state index in [1.807, 2.05) is 22.8 Å². The molecule has 1 aliphatic rings. The third-order valence-electron chi connectivity index (χ3n) is 5.31. The largest absolute Gasteiger partial charge is 0.378 e. The van der Waals surface area contributed by atoms with Crippen molar-refractivity contribution in [2.24, 2.45) is 5.92 Å². The Hall–Kier alpha value is -2.84. The Bertz CT molecular complexity index is 924. The summed E-state index contributed by atoms with van der Waals surface area (Å²) in [5, 5.41) is 17.5. The van der Waals surface area contributed by atoms with Gasteiger partial charge in [-0.3, -0.25) is 4.90 Å². The van der Waals surface area contributed by atoms with Gasteiger partial charge in [0.25, 0.3) is 0 Å². The lowest BCUT2D eigenvalue weighted by Crippen LogP contribution is -2.46. The third kappa shape index (κ3) is 3.29. The van der Waals surface area contributed by atoms with Gasteiger partial charge in [-0.05, 0) is 36.6 Å². The summed E-state index contributed by atoms with van der Waals surface area (Å²) in [5.74, 6) is 0.553. The first-order valence-corrected chi connectivity index (χ1v) is 9.14. The summed E-state index contributed by atoms with van der Waals surface area (Å²) in [5.41, 5.74) is 3.79. The molecule has 2 aromatic heterocycles. The average molecular weight is 345 g/mol. The molecule has 0 aliphatic carbocycles. The molecule has 1 aromatic carbocycles. The molecule has 1 fully saturated rings. The van der Waals surface area contributed by atoms with Gasteiger partial charge in [-0.2, -0.15) is 10.4 Å². The molecular weight excluding hydrogens is 322 g/mol. The molecule has 0 spiro atoms. The summed E-state index contributed by atoms with van der Waals surface area (Å²) in [7, 11) is 0. The Kier molecular flexibility index (Phi) is 4.59. The highest BCUT2D eigenvalue weighted by Crippen LogP contribution is 2.27. The number of nitrogens with zero attached hydrogens (tertiary/aromatic N) is 4. The van der Waals surface area contributed by atoms with E-state index in [1.54, 1.807) is 6.20 Å². The molecule has 26 heavy (non-hydrogen) atoms. The number of benzene rings is 1. The van der Waals surface area contributed by atoms with Crippen LogP contribution in [0.5, 0.6) is 0 Å². The SMILES string of the molecule is CC1CCN(Cc2ccccc2)CC1Nc1c(C#N)cnn2cccc12. The van der Waals surface area contributed by atoms with Crippen LogP contribution in [0.15, 0.2) is 54.9 Å². The van der Waals surface area contributed by atoms with Gasteiger partial charge >= 0.3 is 0 Å². The maximum atomic E-state index is 9.51. The van der Waals surface area contributed by atoms with Gasteiger partial charge in [-0.15, -0.1) is 0 Å². The lowest BCUT2D eigenvalue weighted by atomic mass is 9.92. The van der Waals surface area contributed by atoms with E-state index in [4.69, 9.17) is 0 Å². The van der Waals surface area contributed by atoms with Crippen LogP contribution in [0.4, 0.5) is 5.69 Å². The lowest BCUT2D eigenvalue weighted by Gasteiger charge is -2.38. The predicted molar refractivity (Wildman–Crippen MR) is 103 cm³/mol. The standard InChI is InChI=1S/C21H23N5/c1-16-9-11-25(14-17-6-3-2-4-7-17)15-19(16)24-21-18(12-22)13-23-26-10-5-8-20(21)26/h2-8,10,13,16,19,24H,9,11,14-15H2,1H3. The second-order valence-corrected chi connectivity index (χ2v) is 7.12. The maximum Gasteiger partial charge on any atom is 0.103 e. The van der Waals surface area contributed by atoms with Gasteiger partial charge in [0.05, 0.1) is 23.0 Å². The highest BCUT2D eigenvalue weighted by Gasteiger charge is 2.27.